The minimum absolute atomic E-state index is 0.0512. The summed E-state index contributed by atoms with van der Waals surface area (Å²) in [6.07, 6.45) is 7.95. The van der Waals surface area contributed by atoms with Gasteiger partial charge in [0.2, 0.25) is 11.8 Å². The predicted octanol–water partition coefficient (Wildman–Crippen LogP) is 5.98. The molecule has 0 saturated carbocycles. The van der Waals surface area contributed by atoms with Crippen LogP contribution < -0.4 is 9.80 Å². The summed E-state index contributed by atoms with van der Waals surface area (Å²) in [4.78, 5) is 45.0. The van der Waals surface area contributed by atoms with Gasteiger partial charge >= 0.3 is 0 Å². The molecule has 5 rings (SSSR count). The fourth-order valence-electron chi connectivity index (χ4n) is 6.37. The molecule has 2 heterocycles. The molecule has 3 aromatic carbocycles. The highest BCUT2D eigenvalue weighted by Gasteiger charge is 2.52. The van der Waals surface area contributed by atoms with Gasteiger partial charge in [0.25, 0.3) is 5.91 Å². The molecule has 1 saturated heterocycles. The number of hydrogen-bond donors (Lipinski definition) is 2. The van der Waals surface area contributed by atoms with Gasteiger partial charge in [0.15, 0.2) is 5.60 Å². The lowest BCUT2D eigenvalue weighted by atomic mass is 9.83. The minimum Gasteiger partial charge on any atom is -0.395 e. The van der Waals surface area contributed by atoms with Gasteiger partial charge in [-0.2, -0.15) is 0 Å². The van der Waals surface area contributed by atoms with E-state index >= 15 is 0 Å². The number of carbonyl (C=O) groups is 3. The number of aliphatic hydroxyl groups is 2. The van der Waals surface area contributed by atoms with Gasteiger partial charge in [0.1, 0.15) is 0 Å². The summed E-state index contributed by atoms with van der Waals surface area (Å²) in [5.74, 6) is -1.22. The highest BCUT2D eigenvalue weighted by molar-refractivity contribution is 6.31. The first-order valence-electron chi connectivity index (χ1n) is 16.0. The van der Waals surface area contributed by atoms with Crippen LogP contribution in [0.1, 0.15) is 62.1 Å². The van der Waals surface area contributed by atoms with Crippen LogP contribution in [0.2, 0.25) is 5.02 Å². The molecular formula is C37H42ClN3O5. The fourth-order valence-corrected chi connectivity index (χ4v) is 6.54. The number of benzene rings is 3. The summed E-state index contributed by atoms with van der Waals surface area (Å²) in [7, 11) is 0. The zero-order valence-corrected chi connectivity index (χ0v) is 27.0. The molecule has 8 nitrogen and oxygen atoms in total. The molecule has 0 spiro atoms. The molecule has 0 radical (unpaired) electrons. The lowest BCUT2D eigenvalue weighted by molar-refractivity contribution is -0.139. The first-order chi connectivity index (χ1) is 22.2. The number of aliphatic hydroxyl groups excluding tert-OH is 1. The van der Waals surface area contributed by atoms with Gasteiger partial charge in [-0.25, -0.2) is 0 Å². The molecule has 3 amide bonds. The van der Waals surface area contributed by atoms with E-state index < -0.39 is 17.4 Å². The SMILES string of the molecule is C[C@@H](/C=C/CC(=O)N(CCO)Cc1ccccc1)[C@]1(O)C(=O)N(Cc2cccc(N3CCCCCCC3=O)c2)c2ccc(Cl)cc21. The van der Waals surface area contributed by atoms with Crippen molar-refractivity contribution >= 4 is 40.7 Å². The average Bonchev–Trinajstić information content (AvgIpc) is 3.25. The van der Waals surface area contributed by atoms with E-state index in [1.54, 1.807) is 47.1 Å². The zero-order valence-electron chi connectivity index (χ0n) is 26.3. The van der Waals surface area contributed by atoms with E-state index in [1.165, 1.54) is 0 Å². The topological polar surface area (TPSA) is 101 Å². The highest BCUT2D eigenvalue weighted by atomic mass is 35.5. The van der Waals surface area contributed by atoms with Crippen molar-refractivity contribution in [3.63, 3.8) is 0 Å². The molecule has 0 bridgehead atoms. The van der Waals surface area contributed by atoms with Crippen molar-refractivity contribution < 1.29 is 24.6 Å². The first-order valence-corrected chi connectivity index (χ1v) is 16.4. The Balaban J connectivity index is 1.34. The van der Waals surface area contributed by atoms with Crippen molar-refractivity contribution in [2.45, 2.75) is 64.1 Å². The van der Waals surface area contributed by atoms with E-state index in [0.29, 0.717) is 35.8 Å². The van der Waals surface area contributed by atoms with E-state index in [4.69, 9.17) is 11.6 Å². The second-order valence-electron chi connectivity index (χ2n) is 12.1. The van der Waals surface area contributed by atoms with E-state index in [-0.39, 0.29) is 37.9 Å². The van der Waals surface area contributed by atoms with Crippen LogP contribution in [0.3, 0.4) is 0 Å². The number of anilines is 2. The summed E-state index contributed by atoms with van der Waals surface area (Å²) < 4.78 is 0. The summed E-state index contributed by atoms with van der Waals surface area (Å²) in [6, 6.07) is 22.3. The van der Waals surface area contributed by atoms with E-state index in [9.17, 15) is 24.6 Å². The third-order valence-corrected chi connectivity index (χ3v) is 9.17. The van der Waals surface area contributed by atoms with Crippen molar-refractivity contribution in [1.29, 1.82) is 0 Å². The fraction of sp³-hybridized carbons (Fsp3) is 0.378. The van der Waals surface area contributed by atoms with Crippen LogP contribution in [0.15, 0.2) is 84.9 Å². The summed E-state index contributed by atoms with van der Waals surface area (Å²) >= 11 is 6.37. The van der Waals surface area contributed by atoms with Gasteiger partial charge in [-0.1, -0.05) is 86.0 Å². The maximum absolute atomic E-state index is 14.1. The molecule has 2 N–H and O–H groups in total. The van der Waals surface area contributed by atoms with Crippen LogP contribution in [-0.2, 0) is 33.1 Å². The van der Waals surface area contributed by atoms with Crippen molar-refractivity contribution in [3.8, 4) is 0 Å². The molecule has 46 heavy (non-hydrogen) atoms. The Morgan fingerprint density at radius 3 is 2.54 bits per heavy atom. The van der Waals surface area contributed by atoms with E-state index in [0.717, 1.165) is 42.5 Å². The molecule has 2 aliphatic rings. The Morgan fingerprint density at radius 2 is 1.76 bits per heavy atom. The van der Waals surface area contributed by atoms with Gasteiger partial charge in [0.05, 0.1) is 18.8 Å². The number of carbonyl (C=O) groups excluding carboxylic acids is 3. The van der Waals surface area contributed by atoms with E-state index in [2.05, 4.69) is 0 Å². The molecule has 1 fully saturated rings. The van der Waals surface area contributed by atoms with E-state index in [1.807, 2.05) is 59.5 Å². The third kappa shape index (κ3) is 7.35. The van der Waals surface area contributed by atoms with Crippen LogP contribution in [0.25, 0.3) is 0 Å². The van der Waals surface area contributed by atoms with Crippen LogP contribution >= 0.6 is 11.6 Å². The number of hydrogen-bond acceptors (Lipinski definition) is 5. The Morgan fingerprint density at radius 1 is 1.00 bits per heavy atom. The van der Waals surface area contributed by atoms with Crippen LogP contribution in [-0.4, -0.2) is 52.5 Å². The summed E-state index contributed by atoms with van der Waals surface area (Å²) in [6.45, 7) is 3.04. The number of rotatable bonds is 11. The van der Waals surface area contributed by atoms with Crippen LogP contribution in [0, 0.1) is 5.92 Å². The molecule has 2 atom stereocenters. The second kappa shape index (κ2) is 15.1. The third-order valence-electron chi connectivity index (χ3n) is 8.93. The summed E-state index contributed by atoms with van der Waals surface area (Å²) in [5.41, 5.74) is 1.69. The smallest absolute Gasteiger partial charge is 0.264 e. The number of nitrogens with zero attached hydrogens (tertiary/aromatic N) is 3. The summed E-state index contributed by atoms with van der Waals surface area (Å²) in [5, 5.41) is 22.0. The molecule has 242 valence electrons. The normalized spacial score (nSPS) is 19.2. The van der Waals surface area contributed by atoms with Crippen molar-refractivity contribution in [2.24, 2.45) is 5.92 Å². The lowest BCUT2D eigenvalue weighted by Crippen LogP contribution is -2.44. The average molecular weight is 644 g/mol. The Bertz CT molecular complexity index is 1580. The number of halogens is 1. The van der Waals surface area contributed by atoms with Crippen LogP contribution in [0.5, 0.6) is 0 Å². The van der Waals surface area contributed by atoms with Gasteiger partial charge in [-0.05, 0) is 54.3 Å². The molecular weight excluding hydrogens is 602 g/mol. The minimum atomic E-state index is -1.90. The lowest BCUT2D eigenvalue weighted by Gasteiger charge is -2.28. The maximum atomic E-state index is 14.1. The molecule has 9 heteroatoms. The first kappa shape index (κ1) is 33.4. The van der Waals surface area contributed by atoms with Gasteiger partial charge < -0.3 is 24.9 Å². The Labute approximate surface area is 275 Å². The molecule has 0 unspecified atom stereocenters. The predicted molar refractivity (Wildman–Crippen MR) is 180 cm³/mol. The van der Waals surface area contributed by atoms with Crippen molar-refractivity contribution in [3.05, 3.63) is 107 Å². The number of fused-ring (bicyclic) bond motifs is 1. The molecule has 0 aromatic heterocycles. The molecule has 2 aliphatic heterocycles. The zero-order chi connectivity index (χ0) is 32.7. The quantitative estimate of drug-likeness (QED) is 0.251. The Hall–Kier alpha value is -3.98. The van der Waals surface area contributed by atoms with Crippen molar-refractivity contribution in [2.75, 3.05) is 29.5 Å². The van der Waals surface area contributed by atoms with Crippen LogP contribution in [0.4, 0.5) is 11.4 Å². The standard InChI is InChI=1S/C37H42ClN3O5/c1-27(11-9-17-34(43)39(21-22-42)25-28-12-5-4-6-13-28)37(46)32-24-30(38)18-19-33(32)41(36(37)45)26-29-14-10-15-31(23-29)40-20-8-3-2-7-16-35(40)44/h4-6,9-15,18-19,23-24,27,42,46H,2-3,7-8,16-17,20-22,25-26H2,1H3/b11-9+/t27-,37+/m0/s1. The molecule has 3 aromatic rings. The highest BCUT2D eigenvalue weighted by Crippen LogP contribution is 2.46. The Kier molecular flexibility index (Phi) is 10.9. The second-order valence-corrected chi connectivity index (χ2v) is 12.6. The van der Waals surface area contributed by atoms with Crippen molar-refractivity contribution in [1.82, 2.24) is 4.90 Å². The van der Waals surface area contributed by atoms with Gasteiger partial charge in [-0.15, -0.1) is 0 Å². The maximum Gasteiger partial charge on any atom is 0.264 e. The van der Waals surface area contributed by atoms with Gasteiger partial charge in [0, 0.05) is 54.7 Å². The van der Waals surface area contributed by atoms with Gasteiger partial charge in [-0.3, -0.25) is 14.4 Å². The largest absolute Gasteiger partial charge is 0.395 e. The molecule has 0 aliphatic carbocycles. The number of amides is 3. The monoisotopic (exact) mass is 643 g/mol.